The number of hydrazine groups is 1. The molecule has 5 heteroatoms. The number of hydrogen-bond acceptors (Lipinski definition) is 5. The summed E-state index contributed by atoms with van der Waals surface area (Å²) < 4.78 is 0. The van der Waals surface area contributed by atoms with Crippen LogP contribution in [0.2, 0.25) is 0 Å². The van der Waals surface area contributed by atoms with Gasteiger partial charge in [0.15, 0.2) is 0 Å². The number of nitrogens with zero attached hydrogens (tertiary/aromatic N) is 3. The van der Waals surface area contributed by atoms with Crippen LogP contribution < -0.4 is 5.84 Å². The molecule has 0 fully saturated rings. The van der Waals surface area contributed by atoms with Crippen LogP contribution in [0.4, 0.5) is 5.69 Å². The van der Waals surface area contributed by atoms with E-state index in [9.17, 15) is 5.11 Å². The molecule has 2 aromatic rings. The van der Waals surface area contributed by atoms with E-state index in [-0.39, 0.29) is 0 Å². The Kier molecular flexibility index (Phi) is 2.58. The minimum atomic E-state index is -1.50. The van der Waals surface area contributed by atoms with E-state index >= 15 is 0 Å². The number of aliphatic imine (C=N–C) groups is 1. The number of nitrogens with two attached hydrogens (primary N) is 1. The Labute approximate surface area is 111 Å². The molecule has 0 radical (unpaired) electrons. The monoisotopic (exact) mass is 254 g/mol. The molecule has 96 valence electrons. The number of fused-ring (bicyclic) bond motifs is 1. The van der Waals surface area contributed by atoms with Crippen molar-refractivity contribution in [3.8, 4) is 0 Å². The molecular formula is C14H14N4O. The summed E-state index contributed by atoms with van der Waals surface area (Å²) in [5, 5.41) is 12.3. The van der Waals surface area contributed by atoms with Gasteiger partial charge in [0.05, 0.1) is 11.4 Å². The number of para-hydroxylation sites is 1. The molecule has 1 aliphatic rings. The second kappa shape index (κ2) is 4.15. The molecule has 3 N–H and O–H groups in total. The van der Waals surface area contributed by atoms with Crippen LogP contribution in [0, 0.1) is 0 Å². The average Bonchev–Trinajstić information content (AvgIpc) is 2.46. The van der Waals surface area contributed by atoms with Gasteiger partial charge in [0.25, 0.3) is 0 Å². The zero-order chi connectivity index (χ0) is 13.5. The Hall–Kier alpha value is -2.24. The summed E-state index contributed by atoms with van der Waals surface area (Å²) >= 11 is 0. The lowest BCUT2D eigenvalue weighted by molar-refractivity contribution is -0.0448. The standard InChI is InChI=1S/C14H14N4O/c1-10-17-12-7-3-2-6-11(12)14(19,18(10)15)13-8-4-5-9-16-13/h2-9,19H,15H2,1H3. The van der Waals surface area contributed by atoms with E-state index in [0.717, 1.165) is 0 Å². The summed E-state index contributed by atoms with van der Waals surface area (Å²) in [5.41, 5.74) is 0.305. The van der Waals surface area contributed by atoms with Crippen molar-refractivity contribution in [1.82, 2.24) is 9.99 Å². The maximum absolute atomic E-state index is 11.1. The zero-order valence-electron chi connectivity index (χ0n) is 10.5. The lowest BCUT2D eigenvalue weighted by atomic mass is 9.94. The Morgan fingerprint density at radius 2 is 1.89 bits per heavy atom. The summed E-state index contributed by atoms with van der Waals surface area (Å²) in [6.07, 6.45) is 1.63. The smallest absolute Gasteiger partial charge is 0.225 e. The summed E-state index contributed by atoms with van der Waals surface area (Å²) in [4.78, 5) is 8.61. The summed E-state index contributed by atoms with van der Waals surface area (Å²) in [7, 11) is 0. The molecule has 0 aliphatic carbocycles. The first-order valence-electron chi connectivity index (χ1n) is 5.97. The van der Waals surface area contributed by atoms with Gasteiger partial charge in [0.2, 0.25) is 5.72 Å². The van der Waals surface area contributed by atoms with E-state index in [4.69, 9.17) is 5.84 Å². The van der Waals surface area contributed by atoms with Gasteiger partial charge in [-0.15, -0.1) is 0 Å². The first-order chi connectivity index (χ1) is 9.14. The number of benzene rings is 1. The van der Waals surface area contributed by atoms with Crippen molar-refractivity contribution in [1.29, 1.82) is 0 Å². The van der Waals surface area contributed by atoms with Gasteiger partial charge in [-0.3, -0.25) is 9.99 Å². The van der Waals surface area contributed by atoms with Crippen molar-refractivity contribution in [3.63, 3.8) is 0 Å². The molecule has 1 unspecified atom stereocenters. The average molecular weight is 254 g/mol. The Balaban J connectivity index is 2.28. The van der Waals surface area contributed by atoms with Gasteiger partial charge < -0.3 is 5.11 Å². The zero-order valence-corrected chi connectivity index (χ0v) is 10.5. The van der Waals surface area contributed by atoms with Crippen molar-refractivity contribution in [2.45, 2.75) is 12.6 Å². The third-order valence-corrected chi connectivity index (χ3v) is 3.28. The molecular weight excluding hydrogens is 240 g/mol. The van der Waals surface area contributed by atoms with Crippen LogP contribution in [0.5, 0.6) is 0 Å². The molecule has 3 rings (SSSR count). The first kappa shape index (κ1) is 11.8. The van der Waals surface area contributed by atoms with E-state index < -0.39 is 5.72 Å². The predicted octanol–water partition coefficient (Wildman–Crippen LogP) is 1.51. The van der Waals surface area contributed by atoms with Crippen molar-refractivity contribution in [2.24, 2.45) is 10.8 Å². The molecule has 0 amide bonds. The number of aromatic nitrogens is 1. The van der Waals surface area contributed by atoms with Gasteiger partial charge in [-0.1, -0.05) is 24.3 Å². The molecule has 1 aromatic heterocycles. The fourth-order valence-electron chi connectivity index (χ4n) is 2.29. The highest BCUT2D eigenvalue weighted by molar-refractivity contribution is 5.86. The van der Waals surface area contributed by atoms with Gasteiger partial charge in [-0.25, -0.2) is 10.8 Å². The maximum atomic E-state index is 11.1. The van der Waals surface area contributed by atoms with Gasteiger partial charge in [0, 0.05) is 11.8 Å². The van der Waals surface area contributed by atoms with Gasteiger partial charge in [-0.2, -0.15) is 0 Å². The van der Waals surface area contributed by atoms with Crippen LogP contribution in [0.15, 0.2) is 53.7 Å². The van der Waals surface area contributed by atoms with Crippen molar-refractivity contribution in [3.05, 3.63) is 59.9 Å². The first-order valence-corrected chi connectivity index (χ1v) is 5.97. The number of aliphatic hydroxyl groups is 1. The fourth-order valence-corrected chi connectivity index (χ4v) is 2.29. The van der Waals surface area contributed by atoms with Crippen LogP contribution in [0.1, 0.15) is 18.2 Å². The number of amidine groups is 1. The second-order valence-electron chi connectivity index (χ2n) is 4.43. The van der Waals surface area contributed by atoms with Crippen LogP contribution in [-0.4, -0.2) is 20.9 Å². The molecule has 1 atom stereocenters. The molecule has 5 nitrogen and oxygen atoms in total. The van der Waals surface area contributed by atoms with Crippen molar-refractivity contribution < 1.29 is 5.11 Å². The van der Waals surface area contributed by atoms with Crippen LogP contribution in [-0.2, 0) is 5.72 Å². The largest absolute Gasteiger partial charge is 0.361 e. The Morgan fingerprint density at radius 1 is 1.16 bits per heavy atom. The molecule has 0 spiro atoms. The van der Waals surface area contributed by atoms with E-state index in [1.165, 1.54) is 5.01 Å². The SMILES string of the molecule is CC1=Nc2ccccc2C(O)(c2ccccn2)N1N. The number of hydrogen-bond donors (Lipinski definition) is 2. The number of rotatable bonds is 1. The van der Waals surface area contributed by atoms with E-state index in [2.05, 4.69) is 9.98 Å². The normalized spacial score (nSPS) is 21.8. The summed E-state index contributed by atoms with van der Waals surface area (Å²) in [5.74, 6) is 6.55. The van der Waals surface area contributed by atoms with Crippen LogP contribution >= 0.6 is 0 Å². The third kappa shape index (κ3) is 1.63. The fraction of sp³-hybridized carbons (Fsp3) is 0.143. The minimum absolute atomic E-state index is 0.471. The molecule has 0 bridgehead atoms. The van der Waals surface area contributed by atoms with Gasteiger partial charge in [-0.05, 0) is 25.1 Å². The highest BCUT2D eigenvalue weighted by Crippen LogP contribution is 2.39. The lowest BCUT2D eigenvalue weighted by Gasteiger charge is -2.40. The number of pyridine rings is 1. The lowest BCUT2D eigenvalue weighted by Crippen LogP contribution is -2.55. The second-order valence-corrected chi connectivity index (χ2v) is 4.43. The molecule has 0 saturated carbocycles. The van der Waals surface area contributed by atoms with Crippen molar-refractivity contribution in [2.75, 3.05) is 0 Å². The van der Waals surface area contributed by atoms with Crippen LogP contribution in [0.3, 0.4) is 0 Å². The Morgan fingerprint density at radius 3 is 2.63 bits per heavy atom. The minimum Gasteiger partial charge on any atom is -0.361 e. The predicted molar refractivity (Wildman–Crippen MR) is 72.5 cm³/mol. The van der Waals surface area contributed by atoms with Gasteiger partial charge >= 0.3 is 0 Å². The van der Waals surface area contributed by atoms with Crippen molar-refractivity contribution >= 4 is 11.5 Å². The third-order valence-electron chi connectivity index (χ3n) is 3.28. The topological polar surface area (TPSA) is 74.7 Å². The van der Waals surface area contributed by atoms with E-state index in [1.807, 2.05) is 24.3 Å². The maximum Gasteiger partial charge on any atom is 0.225 e. The van der Waals surface area contributed by atoms with Gasteiger partial charge in [0.1, 0.15) is 5.84 Å². The molecule has 0 saturated heterocycles. The molecule has 19 heavy (non-hydrogen) atoms. The quantitative estimate of drug-likeness (QED) is 0.756. The summed E-state index contributed by atoms with van der Waals surface area (Å²) in [6, 6.07) is 12.7. The van der Waals surface area contributed by atoms with Crippen LogP contribution in [0.25, 0.3) is 0 Å². The highest BCUT2D eigenvalue weighted by Gasteiger charge is 2.43. The Bertz CT molecular complexity index is 641. The molecule has 2 heterocycles. The summed E-state index contributed by atoms with van der Waals surface area (Å²) in [6.45, 7) is 1.75. The molecule has 1 aromatic carbocycles. The highest BCUT2D eigenvalue weighted by atomic mass is 16.3. The van der Waals surface area contributed by atoms with E-state index in [1.54, 1.807) is 31.3 Å². The molecule has 1 aliphatic heterocycles. The van der Waals surface area contributed by atoms with E-state index in [0.29, 0.717) is 22.8 Å².